The van der Waals surface area contributed by atoms with Crippen LogP contribution in [-0.4, -0.2) is 14.1 Å². The highest BCUT2D eigenvalue weighted by Crippen LogP contribution is 2.45. The molecule has 0 atom stereocenters. The molecule has 0 radical (unpaired) electrons. The second-order valence-corrected chi connectivity index (χ2v) is 5.37. The van der Waals surface area contributed by atoms with Crippen LogP contribution in [-0.2, 0) is 9.53 Å². The van der Waals surface area contributed by atoms with Crippen LogP contribution in [0.4, 0.5) is 0 Å². The van der Waals surface area contributed by atoms with Gasteiger partial charge in [0.1, 0.15) is 0 Å². The third-order valence-electron chi connectivity index (χ3n) is 1.25. The zero-order chi connectivity index (χ0) is 8.70. The van der Waals surface area contributed by atoms with Crippen LogP contribution < -0.4 is 0 Å². The summed E-state index contributed by atoms with van der Waals surface area (Å²) in [7, 11) is 0. The first-order valence-electron chi connectivity index (χ1n) is 2.66. The monoisotopic (exact) mass is 226 g/mol. The summed E-state index contributed by atoms with van der Waals surface area (Å²) in [6.07, 6.45) is 2.47. The van der Waals surface area contributed by atoms with Gasteiger partial charge in [0.15, 0.2) is 9.86 Å². The first kappa shape index (κ1) is 9.70. The summed E-state index contributed by atoms with van der Waals surface area (Å²) in [5.41, 5.74) is 0. The largest absolute Gasteiger partial charge is 0.472 e. The van der Waals surface area contributed by atoms with E-state index in [0.717, 1.165) is 0 Å². The van der Waals surface area contributed by atoms with Crippen LogP contribution in [0.3, 0.4) is 0 Å². The lowest BCUT2D eigenvalue weighted by molar-refractivity contribution is -0.117. The van der Waals surface area contributed by atoms with Gasteiger partial charge >= 0.3 is 0 Å². The van der Waals surface area contributed by atoms with E-state index in [9.17, 15) is 4.79 Å². The quantitative estimate of drug-likeness (QED) is 0.368. The Hall–Kier alpha value is 0.610. The Morgan fingerprint density at radius 1 is 1.27 bits per heavy atom. The fraction of sp³-hybridized carbons (Fsp3) is 0.400. The summed E-state index contributed by atoms with van der Waals surface area (Å²) in [6, 6.07) is 0. The lowest BCUT2D eigenvalue weighted by atomic mass is 10.2. The molecule has 0 aliphatic carbocycles. The van der Waals surface area contributed by atoms with E-state index in [0.29, 0.717) is 0 Å². The fourth-order valence-corrected chi connectivity index (χ4v) is 1.15. The Balaban J connectivity index is 3.06. The van der Waals surface area contributed by atoms with E-state index < -0.39 is 8.34 Å². The minimum Gasteiger partial charge on any atom is -0.472 e. The van der Waals surface area contributed by atoms with Gasteiger partial charge in [0.25, 0.3) is 0 Å². The Labute approximate surface area is 86.4 Å². The molecule has 0 spiro atoms. The van der Waals surface area contributed by atoms with Crippen molar-refractivity contribution in [1.29, 1.82) is 0 Å². The molecule has 0 saturated heterocycles. The number of rotatable bonds is 0. The smallest absolute Gasteiger partial charge is 0.225 e. The number of allylic oxidation sites excluding steroid dienone is 1. The number of carbonyl (C=O) groups excluding carboxylic acids is 1. The highest BCUT2D eigenvalue weighted by atomic mass is 32.2. The van der Waals surface area contributed by atoms with Crippen molar-refractivity contribution in [1.82, 2.24) is 0 Å². The van der Waals surface area contributed by atoms with E-state index in [4.69, 9.17) is 4.74 Å². The normalized spacial score (nSPS) is 26.4. The topological polar surface area (TPSA) is 26.3 Å². The predicted octanol–water partition coefficient (Wildman–Crippen LogP) is 1.17. The van der Waals surface area contributed by atoms with Crippen LogP contribution in [0.1, 0.15) is 0 Å². The SMILES string of the molecule is O=C1C=COC(S)(S)C1(S)S. The molecule has 0 aromatic carbocycles. The standard InChI is InChI=1S/C5H6O2S4/c6-3-1-2-7-5(10,11)4(3,8)9/h1-2,8-11H. The van der Waals surface area contributed by atoms with Gasteiger partial charge < -0.3 is 4.74 Å². The lowest BCUT2D eigenvalue weighted by Gasteiger charge is -2.36. The van der Waals surface area contributed by atoms with Gasteiger partial charge in [0, 0.05) is 6.08 Å². The van der Waals surface area contributed by atoms with E-state index in [2.05, 4.69) is 50.5 Å². The number of hydrogen-bond donors (Lipinski definition) is 4. The van der Waals surface area contributed by atoms with E-state index in [1.165, 1.54) is 12.3 Å². The molecule has 0 fully saturated rings. The maximum absolute atomic E-state index is 11.1. The van der Waals surface area contributed by atoms with Crippen molar-refractivity contribution in [3.05, 3.63) is 12.3 Å². The second-order valence-electron chi connectivity index (χ2n) is 2.07. The maximum atomic E-state index is 11.1. The summed E-state index contributed by atoms with van der Waals surface area (Å²) in [6.45, 7) is 0. The molecule has 6 heteroatoms. The van der Waals surface area contributed by atoms with Crippen molar-refractivity contribution in [3.8, 4) is 0 Å². The molecule has 0 unspecified atom stereocenters. The van der Waals surface area contributed by atoms with Gasteiger partial charge in [-0.3, -0.25) is 4.79 Å². The summed E-state index contributed by atoms with van der Waals surface area (Å²) in [4.78, 5) is 11.1. The summed E-state index contributed by atoms with van der Waals surface area (Å²) < 4.78 is 2.35. The molecule has 1 heterocycles. The van der Waals surface area contributed by atoms with Gasteiger partial charge in [0.05, 0.1) is 6.26 Å². The molecule has 0 bridgehead atoms. The minimum absolute atomic E-state index is 0.291. The number of ether oxygens (including phenoxy) is 1. The molecule has 0 aromatic heterocycles. The Morgan fingerprint density at radius 3 is 2.18 bits per heavy atom. The van der Waals surface area contributed by atoms with Crippen LogP contribution in [0.2, 0.25) is 0 Å². The van der Waals surface area contributed by atoms with E-state index in [1.54, 1.807) is 0 Å². The van der Waals surface area contributed by atoms with E-state index in [1.807, 2.05) is 0 Å². The minimum atomic E-state index is -1.30. The number of carbonyl (C=O) groups is 1. The second kappa shape index (κ2) is 2.83. The van der Waals surface area contributed by atoms with Crippen LogP contribution in [0.5, 0.6) is 0 Å². The Bertz CT molecular complexity index is 221. The Morgan fingerprint density at radius 2 is 1.82 bits per heavy atom. The van der Waals surface area contributed by atoms with Gasteiger partial charge in [-0.1, -0.05) is 0 Å². The first-order chi connectivity index (χ1) is 4.88. The van der Waals surface area contributed by atoms with Gasteiger partial charge in [-0.2, -0.15) is 0 Å². The molecule has 11 heavy (non-hydrogen) atoms. The van der Waals surface area contributed by atoms with Gasteiger partial charge in [0.2, 0.25) is 4.27 Å². The van der Waals surface area contributed by atoms with Crippen LogP contribution in [0.15, 0.2) is 12.3 Å². The lowest BCUT2D eigenvalue weighted by Crippen LogP contribution is -2.46. The average Bonchev–Trinajstić information content (AvgIpc) is 1.84. The molecule has 1 aliphatic rings. The molecule has 0 amide bonds. The average molecular weight is 226 g/mol. The molecular weight excluding hydrogens is 220 g/mol. The number of hydrogen-bond acceptors (Lipinski definition) is 6. The van der Waals surface area contributed by atoms with Gasteiger partial charge in [-0.25, -0.2) is 0 Å². The van der Waals surface area contributed by atoms with Crippen molar-refractivity contribution in [2.45, 2.75) is 8.34 Å². The third kappa shape index (κ3) is 1.54. The van der Waals surface area contributed by atoms with Crippen LogP contribution in [0.25, 0.3) is 0 Å². The zero-order valence-corrected chi connectivity index (χ0v) is 8.84. The molecule has 0 saturated carbocycles. The Kier molecular flexibility index (Phi) is 2.49. The summed E-state index contributed by atoms with van der Waals surface area (Å²) in [5.74, 6) is -0.291. The maximum Gasteiger partial charge on any atom is 0.225 e. The zero-order valence-electron chi connectivity index (χ0n) is 5.26. The van der Waals surface area contributed by atoms with E-state index >= 15 is 0 Å². The van der Waals surface area contributed by atoms with Crippen molar-refractivity contribution in [3.63, 3.8) is 0 Å². The number of ketones is 1. The van der Waals surface area contributed by atoms with Crippen molar-refractivity contribution in [2.24, 2.45) is 0 Å². The van der Waals surface area contributed by atoms with Crippen molar-refractivity contribution >= 4 is 56.3 Å². The highest BCUT2D eigenvalue weighted by Gasteiger charge is 2.50. The summed E-state index contributed by atoms with van der Waals surface area (Å²) >= 11 is 15.9. The van der Waals surface area contributed by atoms with Crippen molar-refractivity contribution in [2.75, 3.05) is 0 Å². The third-order valence-corrected chi connectivity index (χ3v) is 3.91. The van der Waals surface area contributed by atoms with Gasteiger partial charge in [-0.05, 0) is 0 Å². The van der Waals surface area contributed by atoms with Crippen molar-refractivity contribution < 1.29 is 9.53 Å². The first-order valence-corrected chi connectivity index (χ1v) is 4.45. The van der Waals surface area contributed by atoms with Crippen LogP contribution in [0, 0.1) is 0 Å². The predicted molar refractivity (Wildman–Crippen MR) is 56.6 cm³/mol. The molecular formula is C5H6O2S4. The van der Waals surface area contributed by atoms with Gasteiger partial charge in [-0.15, -0.1) is 50.5 Å². The molecule has 1 aliphatic heterocycles. The van der Waals surface area contributed by atoms with Crippen LogP contribution >= 0.6 is 50.5 Å². The van der Waals surface area contributed by atoms with E-state index in [-0.39, 0.29) is 5.78 Å². The molecule has 2 nitrogen and oxygen atoms in total. The fourth-order valence-electron chi connectivity index (χ4n) is 0.550. The summed E-state index contributed by atoms with van der Waals surface area (Å²) in [5, 5.41) is 0. The molecule has 1 rings (SSSR count). The number of thiol groups is 4. The molecule has 62 valence electrons. The molecule has 0 N–H and O–H groups in total. The highest BCUT2D eigenvalue weighted by molar-refractivity contribution is 8.08. The molecule has 0 aromatic rings.